The fourth-order valence-electron chi connectivity index (χ4n) is 3.94. The van der Waals surface area contributed by atoms with E-state index in [1.54, 1.807) is 31.2 Å². The Kier molecular flexibility index (Phi) is 5.73. The van der Waals surface area contributed by atoms with Crippen LogP contribution in [0.4, 0.5) is 5.69 Å². The molecule has 12 heteroatoms. The van der Waals surface area contributed by atoms with Gasteiger partial charge in [0.2, 0.25) is 0 Å². The molecular formula is C22H19BrClN5O4S. The van der Waals surface area contributed by atoms with E-state index in [1.165, 1.54) is 16.9 Å². The number of rotatable bonds is 5. The zero-order valence-electron chi connectivity index (χ0n) is 17.9. The van der Waals surface area contributed by atoms with Crippen molar-refractivity contribution in [3.05, 3.63) is 63.0 Å². The van der Waals surface area contributed by atoms with Crippen molar-refractivity contribution in [1.29, 1.82) is 0 Å². The number of carbonyl (C=O) groups excluding carboxylic acids is 2. The second-order valence-corrected chi connectivity index (χ2v) is 11.8. The maximum atomic E-state index is 13.3. The molecule has 3 aromatic rings. The first-order chi connectivity index (χ1) is 16.2. The van der Waals surface area contributed by atoms with Crippen LogP contribution < -0.4 is 10.6 Å². The molecule has 5 rings (SSSR count). The Bertz CT molecular complexity index is 1450. The molecule has 1 aromatic carbocycles. The van der Waals surface area contributed by atoms with Gasteiger partial charge in [-0.1, -0.05) is 17.7 Å². The predicted octanol–water partition coefficient (Wildman–Crippen LogP) is 3.55. The van der Waals surface area contributed by atoms with Crippen LogP contribution in [0.1, 0.15) is 46.2 Å². The summed E-state index contributed by atoms with van der Waals surface area (Å²) in [5, 5.41) is 9.45. The molecular weight excluding hydrogens is 546 g/mol. The number of fused-ring (bicyclic) bond motifs is 1. The van der Waals surface area contributed by atoms with Crippen molar-refractivity contribution < 1.29 is 18.0 Å². The van der Waals surface area contributed by atoms with Crippen molar-refractivity contribution in [2.24, 2.45) is 0 Å². The highest BCUT2D eigenvalue weighted by Crippen LogP contribution is 2.38. The zero-order valence-corrected chi connectivity index (χ0v) is 21.0. The van der Waals surface area contributed by atoms with E-state index in [0.29, 0.717) is 16.6 Å². The van der Waals surface area contributed by atoms with Crippen LogP contribution in [-0.2, 0) is 16.3 Å². The number of nitrogens with zero attached hydrogens (tertiary/aromatic N) is 3. The molecule has 176 valence electrons. The number of hydrogen-bond donors (Lipinski definition) is 2. The Morgan fingerprint density at radius 2 is 1.97 bits per heavy atom. The van der Waals surface area contributed by atoms with E-state index >= 15 is 0 Å². The summed E-state index contributed by atoms with van der Waals surface area (Å²) in [6.45, 7) is 1.61. The van der Waals surface area contributed by atoms with Gasteiger partial charge < -0.3 is 10.6 Å². The second kappa shape index (κ2) is 8.47. The SMILES string of the molecule is CC1Cc2ccc(NC(=O)c3cc(Br)nn3-c3ncccc3Cl)c(C(=O)NC3CC3)c2S1(=O)=O. The zero-order chi connectivity index (χ0) is 24.2. The molecule has 0 saturated heterocycles. The Morgan fingerprint density at radius 3 is 2.68 bits per heavy atom. The molecule has 3 heterocycles. The van der Waals surface area contributed by atoms with E-state index in [1.807, 2.05) is 0 Å². The molecule has 1 unspecified atom stereocenters. The van der Waals surface area contributed by atoms with E-state index in [9.17, 15) is 18.0 Å². The van der Waals surface area contributed by atoms with Crippen LogP contribution >= 0.6 is 27.5 Å². The largest absolute Gasteiger partial charge is 0.349 e. The molecule has 9 nitrogen and oxygen atoms in total. The standard InChI is InChI=1S/C22H19BrClN5O4S/c1-11-9-12-4-7-15(18(19(12)34(11,32)33)22(31)26-13-5-6-13)27-21(30)16-10-17(23)28-29(16)20-14(24)3-2-8-25-20/h2-4,7-8,10-11,13H,5-6,9H2,1H3,(H,26,31)(H,27,30). The summed E-state index contributed by atoms with van der Waals surface area (Å²) in [6.07, 6.45) is 3.51. The molecule has 2 aromatic heterocycles. The highest BCUT2D eigenvalue weighted by molar-refractivity contribution is 9.10. The third-order valence-electron chi connectivity index (χ3n) is 5.80. The topological polar surface area (TPSA) is 123 Å². The number of benzene rings is 1. The van der Waals surface area contributed by atoms with Crippen LogP contribution in [0.25, 0.3) is 5.82 Å². The average Bonchev–Trinajstić information content (AvgIpc) is 3.46. The van der Waals surface area contributed by atoms with Gasteiger partial charge in [-0.2, -0.15) is 5.10 Å². The number of amides is 2. The van der Waals surface area contributed by atoms with E-state index in [4.69, 9.17) is 11.6 Å². The van der Waals surface area contributed by atoms with Crippen molar-refractivity contribution in [2.75, 3.05) is 5.32 Å². The Morgan fingerprint density at radius 1 is 1.21 bits per heavy atom. The first kappa shape index (κ1) is 23.0. The quantitative estimate of drug-likeness (QED) is 0.489. The lowest BCUT2D eigenvalue weighted by molar-refractivity contribution is 0.0948. The molecule has 1 aliphatic carbocycles. The van der Waals surface area contributed by atoms with Gasteiger partial charge in [0.05, 0.1) is 26.4 Å². The number of anilines is 1. The van der Waals surface area contributed by atoms with Crippen LogP contribution in [0.2, 0.25) is 5.02 Å². The molecule has 1 aliphatic heterocycles. The number of aromatic nitrogens is 3. The summed E-state index contributed by atoms with van der Waals surface area (Å²) in [5.74, 6) is -0.879. The molecule has 0 bridgehead atoms. The van der Waals surface area contributed by atoms with Gasteiger partial charge >= 0.3 is 0 Å². The fourth-order valence-corrected chi connectivity index (χ4v) is 6.32. The number of carbonyl (C=O) groups is 2. The van der Waals surface area contributed by atoms with Gasteiger partial charge in [0, 0.05) is 18.3 Å². The summed E-state index contributed by atoms with van der Waals surface area (Å²) >= 11 is 9.51. The Labute approximate surface area is 208 Å². The second-order valence-electron chi connectivity index (χ2n) is 8.31. The minimum atomic E-state index is -3.72. The summed E-state index contributed by atoms with van der Waals surface area (Å²) in [4.78, 5) is 30.7. The number of pyridine rings is 1. The number of hydrogen-bond acceptors (Lipinski definition) is 6. The number of halogens is 2. The minimum Gasteiger partial charge on any atom is -0.349 e. The lowest BCUT2D eigenvalue weighted by atomic mass is 10.0. The molecule has 0 spiro atoms. The molecule has 1 saturated carbocycles. The summed E-state index contributed by atoms with van der Waals surface area (Å²) < 4.78 is 27.8. The van der Waals surface area contributed by atoms with Crippen molar-refractivity contribution in [3.8, 4) is 5.82 Å². The normalized spacial score (nSPS) is 18.4. The third-order valence-corrected chi connectivity index (χ3v) is 8.74. The first-order valence-corrected chi connectivity index (χ1v) is 13.3. The summed E-state index contributed by atoms with van der Waals surface area (Å²) in [6, 6.07) is 7.97. The van der Waals surface area contributed by atoms with Gasteiger partial charge in [0.25, 0.3) is 11.8 Å². The Hall–Kier alpha value is -2.76. The summed E-state index contributed by atoms with van der Waals surface area (Å²) in [5.41, 5.74) is 0.732. The average molecular weight is 565 g/mol. The van der Waals surface area contributed by atoms with Crippen LogP contribution in [-0.4, -0.2) is 46.3 Å². The van der Waals surface area contributed by atoms with E-state index < -0.39 is 26.9 Å². The van der Waals surface area contributed by atoms with Gasteiger partial charge in [0.15, 0.2) is 15.7 Å². The van der Waals surface area contributed by atoms with Crippen LogP contribution in [0.15, 0.2) is 46.0 Å². The van der Waals surface area contributed by atoms with Gasteiger partial charge in [-0.3, -0.25) is 9.59 Å². The van der Waals surface area contributed by atoms with Crippen LogP contribution in [0.5, 0.6) is 0 Å². The van der Waals surface area contributed by atoms with Crippen molar-refractivity contribution in [1.82, 2.24) is 20.1 Å². The summed E-state index contributed by atoms with van der Waals surface area (Å²) in [7, 11) is -3.72. The molecule has 34 heavy (non-hydrogen) atoms. The van der Waals surface area contributed by atoms with Gasteiger partial charge in [-0.15, -0.1) is 0 Å². The first-order valence-electron chi connectivity index (χ1n) is 10.5. The van der Waals surface area contributed by atoms with Crippen LogP contribution in [0, 0.1) is 0 Å². The van der Waals surface area contributed by atoms with Gasteiger partial charge in [-0.25, -0.2) is 18.1 Å². The predicted molar refractivity (Wildman–Crippen MR) is 129 cm³/mol. The molecule has 1 atom stereocenters. The smallest absolute Gasteiger partial charge is 0.274 e. The highest BCUT2D eigenvalue weighted by atomic mass is 79.9. The molecule has 1 fully saturated rings. The maximum Gasteiger partial charge on any atom is 0.274 e. The van der Waals surface area contributed by atoms with Gasteiger partial charge in [0.1, 0.15) is 10.3 Å². The number of sulfone groups is 1. The lowest BCUT2D eigenvalue weighted by Crippen LogP contribution is -2.29. The molecule has 0 radical (unpaired) electrons. The Balaban J connectivity index is 1.58. The van der Waals surface area contributed by atoms with E-state index in [-0.39, 0.29) is 38.7 Å². The monoisotopic (exact) mass is 563 g/mol. The van der Waals surface area contributed by atoms with Crippen LogP contribution in [0.3, 0.4) is 0 Å². The van der Waals surface area contributed by atoms with Crippen molar-refractivity contribution in [3.63, 3.8) is 0 Å². The molecule has 2 amide bonds. The third kappa shape index (κ3) is 4.01. The van der Waals surface area contributed by atoms with Crippen molar-refractivity contribution >= 4 is 54.9 Å². The fraction of sp³-hybridized carbons (Fsp3) is 0.273. The molecule has 2 aliphatic rings. The number of nitrogens with one attached hydrogen (secondary N) is 2. The highest BCUT2D eigenvalue weighted by Gasteiger charge is 2.40. The maximum absolute atomic E-state index is 13.3. The van der Waals surface area contributed by atoms with E-state index in [2.05, 4.69) is 36.6 Å². The van der Waals surface area contributed by atoms with Crippen molar-refractivity contribution in [2.45, 2.75) is 42.4 Å². The van der Waals surface area contributed by atoms with E-state index in [0.717, 1.165) is 12.8 Å². The molecule has 2 N–H and O–H groups in total. The minimum absolute atomic E-state index is 0.0112. The van der Waals surface area contributed by atoms with Gasteiger partial charge in [-0.05, 0) is 65.9 Å². The lowest BCUT2D eigenvalue weighted by Gasteiger charge is -2.16.